The molecule has 1 aliphatic heterocycles. The molecule has 1 aliphatic rings. The van der Waals surface area contributed by atoms with E-state index < -0.39 is 5.97 Å². The van der Waals surface area contributed by atoms with Gasteiger partial charge in [-0.25, -0.2) is 4.79 Å². The van der Waals surface area contributed by atoms with E-state index in [0.717, 1.165) is 13.0 Å². The minimum Gasteiger partial charge on any atom is -0.481 e. The van der Waals surface area contributed by atoms with Gasteiger partial charge in [0.15, 0.2) is 0 Å². The molecule has 0 spiro atoms. The number of nitrogens with one attached hydrogen (secondary N) is 1. The Morgan fingerprint density at radius 1 is 1.56 bits per heavy atom. The number of carboxylic acids is 1. The normalized spacial score (nSPS) is 21.6. The van der Waals surface area contributed by atoms with Crippen LogP contribution in [0.3, 0.4) is 0 Å². The molecule has 6 nitrogen and oxygen atoms in total. The second-order valence-electron chi connectivity index (χ2n) is 5.11. The van der Waals surface area contributed by atoms with Crippen LogP contribution in [-0.4, -0.2) is 66.2 Å². The SMILES string of the molecule is CC(CC(=O)O)NC(=O)N(C)CC1CCCN1C. The standard InChI is InChI=1S/C12H23N3O3/c1-9(7-11(16)17)13-12(18)15(3)8-10-5-4-6-14(10)2/h9-10H,4-8H2,1-3H3,(H,13,18)(H,16,17). The third-order valence-corrected chi connectivity index (χ3v) is 3.35. The number of urea groups is 1. The number of likely N-dealkylation sites (tertiary alicyclic amines) is 1. The van der Waals surface area contributed by atoms with Gasteiger partial charge in [-0.2, -0.15) is 0 Å². The molecular formula is C12H23N3O3. The van der Waals surface area contributed by atoms with Gasteiger partial charge in [0, 0.05) is 25.7 Å². The molecule has 1 fully saturated rings. The lowest BCUT2D eigenvalue weighted by Crippen LogP contribution is -2.46. The van der Waals surface area contributed by atoms with Crippen LogP contribution in [0.15, 0.2) is 0 Å². The lowest BCUT2D eigenvalue weighted by atomic mass is 10.2. The molecule has 18 heavy (non-hydrogen) atoms. The lowest BCUT2D eigenvalue weighted by molar-refractivity contribution is -0.137. The smallest absolute Gasteiger partial charge is 0.317 e. The summed E-state index contributed by atoms with van der Waals surface area (Å²) in [5, 5.41) is 11.3. The maximum Gasteiger partial charge on any atom is 0.317 e. The number of hydrogen-bond donors (Lipinski definition) is 2. The van der Waals surface area contributed by atoms with E-state index in [4.69, 9.17) is 5.11 Å². The van der Waals surface area contributed by atoms with Crippen LogP contribution in [-0.2, 0) is 4.79 Å². The molecule has 104 valence electrons. The molecule has 1 heterocycles. The van der Waals surface area contributed by atoms with Crippen molar-refractivity contribution in [3.05, 3.63) is 0 Å². The number of rotatable bonds is 5. The fourth-order valence-electron chi connectivity index (χ4n) is 2.24. The Hall–Kier alpha value is -1.30. The number of carbonyl (C=O) groups excluding carboxylic acids is 1. The molecule has 0 aromatic carbocycles. The van der Waals surface area contributed by atoms with Crippen molar-refractivity contribution in [2.45, 2.75) is 38.3 Å². The topological polar surface area (TPSA) is 72.9 Å². The van der Waals surface area contributed by atoms with Crippen molar-refractivity contribution in [1.82, 2.24) is 15.1 Å². The molecular weight excluding hydrogens is 234 g/mol. The van der Waals surface area contributed by atoms with Crippen molar-refractivity contribution in [2.24, 2.45) is 0 Å². The summed E-state index contributed by atoms with van der Waals surface area (Å²) in [6.45, 7) is 3.46. The summed E-state index contributed by atoms with van der Waals surface area (Å²) in [4.78, 5) is 26.2. The molecule has 1 saturated heterocycles. The summed E-state index contributed by atoms with van der Waals surface area (Å²) in [6.07, 6.45) is 2.23. The molecule has 1 rings (SSSR count). The second-order valence-corrected chi connectivity index (χ2v) is 5.11. The number of likely N-dealkylation sites (N-methyl/N-ethyl adjacent to an activating group) is 2. The zero-order valence-electron chi connectivity index (χ0n) is 11.3. The van der Waals surface area contributed by atoms with E-state index >= 15 is 0 Å². The number of carbonyl (C=O) groups is 2. The first-order valence-corrected chi connectivity index (χ1v) is 6.33. The van der Waals surface area contributed by atoms with E-state index in [1.807, 2.05) is 0 Å². The van der Waals surface area contributed by atoms with Crippen LogP contribution in [0.4, 0.5) is 4.79 Å². The van der Waals surface area contributed by atoms with Crippen molar-refractivity contribution < 1.29 is 14.7 Å². The predicted molar refractivity (Wildman–Crippen MR) is 68.5 cm³/mol. The molecule has 0 radical (unpaired) electrons. The summed E-state index contributed by atoms with van der Waals surface area (Å²) in [7, 11) is 3.81. The highest BCUT2D eigenvalue weighted by Crippen LogP contribution is 2.15. The number of hydrogen-bond acceptors (Lipinski definition) is 3. The van der Waals surface area contributed by atoms with Crippen LogP contribution in [0.5, 0.6) is 0 Å². The maximum atomic E-state index is 11.8. The largest absolute Gasteiger partial charge is 0.481 e. The first kappa shape index (κ1) is 14.8. The lowest BCUT2D eigenvalue weighted by Gasteiger charge is -2.27. The van der Waals surface area contributed by atoms with E-state index in [2.05, 4.69) is 17.3 Å². The Balaban J connectivity index is 2.34. The van der Waals surface area contributed by atoms with Gasteiger partial charge in [0.25, 0.3) is 0 Å². The number of nitrogens with zero attached hydrogens (tertiary/aromatic N) is 2. The second kappa shape index (κ2) is 6.58. The average molecular weight is 257 g/mol. The van der Waals surface area contributed by atoms with E-state index in [0.29, 0.717) is 12.6 Å². The van der Waals surface area contributed by atoms with Crippen LogP contribution in [0.1, 0.15) is 26.2 Å². The Morgan fingerprint density at radius 2 is 2.22 bits per heavy atom. The van der Waals surface area contributed by atoms with Crippen LogP contribution < -0.4 is 5.32 Å². The van der Waals surface area contributed by atoms with Gasteiger partial charge < -0.3 is 20.2 Å². The van der Waals surface area contributed by atoms with Crippen LogP contribution >= 0.6 is 0 Å². The monoisotopic (exact) mass is 257 g/mol. The molecule has 0 aromatic rings. The molecule has 2 N–H and O–H groups in total. The van der Waals surface area contributed by atoms with E-state index in [1.54, 1.807) is 18.9 Å². The third kappa shape index (κ3) is 4.52. The first-order chi connectivity index (χ1) is 8.40. The molecule has 0 saturated carbocycles. The number of aliphatic carboxylic acids is 1. The quantitative estimate of drug-likeness (QED) is 0.756. The Kier molecular flexibility index (Phi) is 5.40. The minimum atomic E-state index is -0.902. The van der Waals surface area contributed by atoms with E-state index in [-0.39, 0.29) is 18.5 Å². The molecule has 6 heteroatoms. The number of carboxylic acid groups (broad SMARTS) is 1. The van der Waals surface area contributed by atoms with Gasteiger partial charge in [0.2, 0.25) is 0 Å². The Morgan fingerprint density at radius 3 is 2.72 bits per heavy atom. The molecule has 0 aromatic heterocycles. The highest BCUT2D eigenvalue weighted by Gasteiger charge is 2.24. The highest BCUT2D eigenvalue weighted by molar-refractivity contribution is 5.75. The van der Waals surface area contributed by atoms with E-state index in [9.17, 15) is 9.59 Å². The van der Waals surface area contributed by atoms with Crippen molar-refractivity contribution in [3.8, 4) is 0 Å². The van der Waals surface area contributed by atoms with Gasteiger partial charge in [-0.15, -0.1) is 0 Å². The summed E-state index contributed by atoms with van der Waals surface area (Å²) in [5.41, 5.74) is 0. The van der Waals surface area contributed by atoms with E-state index in [1.165, 1.54) is 6.42 Å². The molecule has 2 unspecified atom stereocenters. The van der Waals surface area contributed by atoms with Gasteiger partial charge >= 0.3 is 12.0 Å². The zero-order chi connectivity index (χ0) is 13.7. The van der Waals surface area contributed by atoms with Crippen LogP contribution in [0.25, 0.3) is 0 Å². The van der Waals surface area contributed by atoms with Crippen LogP contribution in [0.2, 0.25) is 0 Å². The third-order valence-electron chi connectivity index (χ3n) is 3.35. The Bertz CT molecular complexity index is 309. The fourth-order valence-corrected chi connectivity index (χ4v) is 2.24. The molecule has 2 amide bonds. The predicted octanol–water partition coefficient (Wildman–Crippen LogP) is 0.585. The fraction of sp³-hybridized carbons (Fsp3) is 0.833. The van der Waals surface area contributed by atoms with Gasteiger partial charge in [0.1, 0.15) is 0 Å². The van der Waals surface area contributed by atoms with Gasteiger partial charge in [0.05, 0.1) is 6.42 Å². The minimum absolute atomic E-state index is 0.0527. The van der Waals surface area contributed by atoms with Gasteiger partial charge in [-0.3, -0.25) is 4.79 Å². The van der Waals surface area contributed by atoms with Crippen molar-refractivity contribution >= 4 is 12.0 Å². The molecule has 0 bridgehead atoms. The Labute approximate surface area is 108 Å². The summed E-state index contributed by atoms with van der Waals surface area (Å²) >= 11 is 0. The average Bonchev–Trinajstić information content (AvgIpc) is 2.62. The number of amides is 2. The summed E-state index contributed by atoms with van der Waals surface area (Å²) in [6, 6.07) is -0.140. The van der Waals surface area contributed by atoms with Crippen molar-refractivity contribution in [3.63, 3.8) is 0 Å². The maximum absolute atomic E-state index is 11.8. The first-order valence-electron chi connectivity index (χ1n) is 6.33. The van der Waals surface area contributed by atoms with Gasteiger partial charge in [-0.05, 0) is 33.4 Å². The highest BCUT2D eigenvalue weighted by atomic mass is 16.4. The van der Waals surface area contributed by atoms with Crippen molar-refractivity contribution in [2.75, 3.05) is 27.2 Å². The van der Waals surface area contributed by atoms with Gasteiger partial charge in [-0.1, -0.05) is 0 Å². The summed E-state index contributed by atoms with van der Waals surface area (Å²) in [5.74, 6) is -0.902. The summed E-state index contributed by atoms with van der Waals surface area (Å²) < 4.78 is 0. The van der Waals surface area contributed by atoms with Crippen molar-refractivity contribution in [1.29, 1.82) is 0 Å². The molecule has 0 aliphatic carbocycles. The zero-order valence-corrected chi connectivity index (χ0v) is 11.3. The van der Waals surface area contributed by atoms with Crippen LogP contribution in [0, 0.1) is 0 Å². The molecule has 2 atom stereocenters.